The van der Waals surface area contributed by atoms with Gasteiger partial charge in [0, 0.05) is 16.2 Å². The Balaban J connectivity index is 1.17. The second kappa shape index (κ2) is 12.8. The van der Waals surface area contributed by atoms with Crippen molar-refractivity contribution < 1.29 is 23.8 Å². The molecule has 0 radical (unpaired) electrons. The van der Waals surface area contributed by atoms with Crippen LogP contribution in [-0.2, 0) is 25.2 Å². The second-order valence-corrected chi connectivity index (χ2v) is 14.6. The zero-order chi connectivity index (χ0) is 35.2. The Morgan fingerprint density at radius 1 is 0.442 bits per heavy atom. The zero-order valence-corrected chi connectivity index (χ0v) is 28.8. The largest absolute Gasteiger partial charge is 0.426 e. The SMILES string of the molecule is O=C(CC1(CC2(CC3(CC(=O)Oc4ccccc4)c4ccccc4-c4ccccc43)COC2)c2ccccc2-c2ccccc21)Oc1ccccc1. The van der Waals surface area contributed by atoms with Gasteiger partial charge in [0.25, 0.3) is 0 Å². The highest BCUT2D eigenvalue weighted by molar-refractivity contribution is 5.87. The van der Waals surface area contributed by atoms with E-state index >= 15 is 0 Å². The van der Waals surface area contributed by atoms with Crippen LogP contribution >= 0.6 is 0 Å². The molecule has 0 aromatic heterocycles. The van der Waals surface area contributed by atoms with E-state index in [2.05, 4.69) is 97.1 Å². The van der Waals surface area contributed by atoms with Crippen LogP contribution in [-0.4, -0.2) is 25.2 Å². The number of carbonyl (C=O) groups is 2. The van der Waals surface area contributed by atoms with Crippen molar-refractivity contribution in [3.05, 3.63) is 180 Å². The molecule has 0 unspecified atom stereocenters. The molecule has 6 aromatic carbocycles. The Labute approximate surface area is 303 Å². The van der Waals surface area contributed by atoms with Gasteiger partial charge in [0.2, 0.25) is 0 Å². The Hall–Kier alpha value is -5.78. The Morgan fingerprint density at radius 3 is 1.06 bits per heavy atom. The van der Waals surface area contributed by atoms with E-state index in [1.54, 1.807) is 0 Å². The van der Waals surface area contributed by atoms with Crippen LogP contribution in [0.1, 0.15) is 47.9 Å². The summed E-state index contributed by atoms with van der Waals surface area (Å²) in [4.78, 5) is 28.2. The van der Waals surface area contributed by atoms with Crippen molar-refractivity contribution in [1.29, 1.82) is 0 Å². The van der Waals surface area contributed by atoms with Gasteiger partial charge in [0.15, 0.2) is 0 Å². The van der Waals surface area contributed by atoms with E-state index in [0.29, 0.717) is 37.6 Å². The Kier molecular flexibility index (Phi) is 7.89. The highest BCUT2D eigenvalue weighted by atomic mass is 16.5. The van der Waals surface area contributed by atoms with E-state index < -0.39 is 16.2 Å². The highest BCUT2D eigenvalue weighted by Crippen LogP contribution is 2.62. The molecule has 9 rings (SSSR count). The van der Waals surface area contributed by atoms with Crippen molar-refractivity contribution in [2.75, 3.05) is 13.2 Å². The van der Waals surface area contributed by atoms with Crippen molar-refractivity contribution in [2.45, 2.75) is 36.5 Å². The molecule has 0 spiro atoms. The van der Waals surface area contributed by atoms with Gasteiger partial charge in [-0.1, -0.05) is 133 Å². The molecule has 1 fully saturated rings. The summed E-state index contributed by atoms with van der Waals surface area (Å²) < 4.78 is 18.2. The lowest BCUT2D eigenvalue weighted by Crippen LogP contribution is -2.52. The zero-order valence-electron chi connectivity index (χ0n) is 28.8. The number of rotatable bonds is 10. The number of fused-ring (bicyclic) bond motifs is 6. The number of benzene rings is 6. The molecule has 0 amide bonds. The van der Waals surface area contributed by atoms with Gasteiger partial charge in [0.1, 0.15) is 11.5 Å². The van der Waals surface area contributed by atoms with E-state index in [1.165, 1.54) is 0 Å². The lowest BCUT2D eigenvalue weighted by Gasteiger charge is -2.51. The van der Waals surface area contributed by atoms with E-state index in [4.69, 9.17) is 14.2 Å². The molecule has 5 nitrogen and oxygen atoms in total. The molecule has 0 saturated carbocycles. The first-order chi connectivity index (χ1) is 25.5. The third-order valence-electron chi connectivity index (χ3n) is 11.4. The maximum atomic E-state index is 14.1. The molecule has 0 atom stereocenters. The first-order valence-corrected chi connectivity index (χ1v) is 18.0. The van der Waals surface area contributed by atoms with Gasteiger partial charge in [-0.15, -0.1) is 0 Å². The summed E-state index contributed by atoms with van der Waals surface area (Å²) in [6.07, 6.45) is 1.59. The van der Waals surface area contributed by atoms with Crippen molar-refractivity contribution in [1.82, 2.24) is 0 Å². The smallest absolute Gasteiger partial charge is 0.312 e. The van der Waals surface area contributed by atoms with Crippen LogP contribution in [0.25, 0.3) is 22.3 Å². The molecule has 1 heterocycles. The van der Waals surface area contributed by atoms with E-state index in [1.807, 2.05) is 60.7 Å². The lowest BCUT2D eigenvalue weighted by molar-refractivity contribution is -0.147. The van der Waals surface area contributed by atoms with Gasteiger partial charge in [-0.2, -0.15) is 0 Å². The summed E-state index contributed by atoms with van der Waals surface area (Å²) in [5.41, 5.74) is 7.27. The minimum Gasteiger partial charge on any atom is -0.426 e. The van der Waals surface area contributed by atoms with Crippen molar-refractivity contribution in [3.8, 4) is 33.8 Å². The third kappa shape index (κ3) is 5.35. The Bertz CT molecular complexity index is 2040. The fourth-order valence-electron chi connectivity index (χ4n) is 9.46. The van der Waals surface area contributed by atoms with E-state index in [-0.39, 0.29) is 24.8 Å². The molecule has 5 heteroatoms. The van der Waals surface area contributed by atoms with E-state index in [9.17, 15) is 9.59 Å². The summed E-state index contributed by atoms with van der Waals surface area (Å²) in [5.74, 6) is 0.481. The lowest BCUT2D eigenvalue weighted by atomic mass is 9.57. The summed E-state index contributed by atoms with van der Waals surface area (Å²) in [6, 6.07) is 52.4. The Morgan fingerprint density at radius 2 is 0.750 bits per heavy atom. The fraction of sp³-hybridized carbons (Fsp3) is 0.191. The van der Waals surface area contributed by atoms with Gasteiger partial charge < -0.3 is 14.2 Å². The molecular formula is C47H38O5. The number of esters is 2. The molecule has 1 saturated heterocycles. The van der Waals surface area contributed by atoms with Crippen molar-refractivity contribution in [3.63, 3.8) is 0 Å². The summed E-state index contributed by atoms with van der Waals surface area (Å²) in [7, 11) is 0. The van der Waals surface area contributed by atoms with Gasteiger partial charge >= 0.3 is 11.9 Å². The minimum atomic E-state index is -0.688. The van der Waals surface area contributed by atoms with Crippen molar-refractivity contribution in [2.24, 2.45) is 5.41 Å². The molecule has 0 bridgehead atoms. The second-order valence-electron chi connectivity index (χ2n) is 14.6. The molecule has 256 valence electrons. The first kappa shape index (κ1) is 32.1. The van der Waals surface area contributed by atoms with Crippen LogP contribution in [0.15, 0.2) is 158 Å². The number of ether oxygens (including phenoxy) is 3. The average molecular weight is 683 g/mol. The summed E-state index contributed by atoms with van der Waals surface area (Å²) in [5, 5.41) is 0. The van der Waals surface area contributed by atoms with Gasteiger partial charge in [-0.25, -0.2) is 0 Å². The van der Waals surface area contributed by atoms with Crippen LogP contribution in [0.3, 0.4) is 0 Å². The van der Waals surface area contributed by atoms with Crippen LogP contribution in [0.5, 0.6) is 11.5 Å². The fourth-order valence-corrected chi connectivity index (χ4v) is 9.46. The van der Waals surface area contributed by atoms with Crippen LogP contribution < -0.4 is 9.47 Å². The monoisotopic (exact) mass is 682 g/mol. The molecule has 2 aliphatic carbocycles. The van der Waals surface area contributed by atoms with Gasteiger partial charge in [-0.3, -0.25) is 9.59 Å². The topological polar surface area (TPSA) is 61.8 Å². The van der Waals surface area contributed by atoms with Crippen molar-refractivity contribution >= 4 is 11.9 Å². The summed E-state index contributed by atoms with van der Waals surface area (Å²) in [6.45, 7) is 1.01. The summed E-state index contributed by atoms with van der Waals surface area (Å²) >= 11 is 0. The average Bonchev–Trinajstić information content (AvgIpc) is 3.58. The minimum absolute atomic E-state index is 0.161. The molecular weight excluding hydrogens is 645 g/mol. The van der Waals surface area contributed by atoms with E-state index in [0.717, 1.165) is 44.5 Å². The standard InChI is InChI=1S/C47H38O5/c48-43(51-33-15-3-1-4-16-33)27-46(39-23-11-7-19-35(39)36-20-8-12-24-40(36)46)29-45(31-50-32-45)30-47(28-44(49)52-34-17-5-2-6-18-34)41-25-13-9-21-37(41)38-22-10-14-26-42(38)47/h1-26H,27-32H2. The maximum Gasteiger partial charge on any atom is 0.312 e. The number of carbonyl (C=O) groups excluding carboxylic acids is 2. The predicted octanol–water partition coefficient (Wildman–Crippen LogP) is 9.71. The van der Waals surface area contributed by atoms with Crippen LogP contribution in [0.2, 0.25) is 0 Å². The predicted molar refractivity (Wildman–Crippen MR) is 201 cm³/mol. The maximum absolute atomic E-state index is 14.1. The van der Waals surface area contributed by atoms with Crippen LogP contribution in [0, 0.1) is 5.41 Å². The quantitative estimate of drug-likeness (QED) is 0.106. The number of para-hydroxylation sites is 2. The van der Waals surface area contributed by atoms with Crippen LogP contribution in [0.4, 0.5) is 0 Å². The first-order valence-electron chi connectivity index (χ1n) is 18.0. The number of hydrogen-bond acceptors (Lipinski definition) is 5. The van der Waals surface area contributed by atoms with Gasteiger partial charge in [0.05, 0.1) is 26.1 Å². The molecule has 1 aliphatic heterocycles. The molecule has 52 heavy (non-hydrogen) atoms. The number of hydrogen-bond donors (Lipinski definition) is 0. The normalized spacial score (nSPS) is 16.4. The molecule has 0 N–H and O–H groups in total. The van der Waals surface area contributed by atoms with Gasteiger partial charge in [-0.05, 0) is 81.6 Å². The third-order valence-corrected chi connectivity index (χ3v) is 11.4. The molecule has 3 aliphatic rings. The molecule has 6 aromatic rings. The highest BCUT2D eigenvalue weighted by Gasteiger charge is 2.57.